The zero-order valence-corrected chi connectivity index (χ0v) is 12.4. The van der Waals surface area contributed by atoms with Crippen molar-refractivity contribution in [3.8, 4) is 0 Å². The maximum Gasteiger partial charge on any atom is 0.225 e. The first-order chi connectivity index (χ1) is 9.22. The molecule has 4 nitrogen and oxygen atoms in total. The van der Waals surface area contributed by atoms with Crippen molar-refractivity contribution < 1.29 is 0 Å². The summed E-state index contributed by atoms with van der Waals surface area (Å²) in [5.41, 5.74) is 1.15. The molecule has 0 aromatic carbocycles. The van der Waals surface area contributed by atoms with Crippen molar-refractivity contribution in [3.63, 3.8) is 0 Å². The van der Waals surface area contributed by atoms with Crippen molar-refractivity contribution in [2.45, 2.75) is 52.1 Å². The number of hydrogen-bond donors (Lipinski definition) is 1. The fourth-order valence-electron chi connectivity index (χ4n) is 2.91. The third-order valence-corrected chi connectivity index (χ3v) is 4.15. The lowest BCUT2D eigenvalue weighted by molar-refractivity contribution is 0.319. The van der Waals surface area contributed by atoms with Crippen LogP contribution in [0, 0.1) is 5.92 Å². The average Bonchev–Trinajstić information content (AvgIpc) is 2.45. The zero-order chi connectivity index (χ0) is 13.7. The number of rotatable bonds is 5. The molecule has 0 saturated heterocycles. The Kier molecular flexibility index (Phi) is 5.14. The largest absolute Gasteiger partial charge is 0.341 e. The van der Waals surface area contributed by atoms with Gasteiger partial charge in [-0.25, -0.2) is 9.97 Å². The molecule has 2 unspecified atom stereocenters. The van der Waals surface area contributed by atoms with Crippen LogP contribution in [0.15, 0.2) is 12.4 Å². The summed E-state index contributed by atoms with van der Waals surface area (Å²) in [6.07, 6.45) is 9.17. The van der Waals surface area contributed by atoms with Crippen molar-refractivity contribution in [1.82, 2.24) is 15.3 Å². The van der Waals surface area contributed by atoms with Crippen molar-refractivity contribution in [2.24, 2.45) is 5.92 Å². The van der Waals surface area contributed by atoms with E-state index in [-0.39, 0.29) is 0 Å². The molecular weight excluding hydrogens is 236 g/mol. The van der Waals surface area contributed by atoms with Crippen LogP contribution >= 0.6 is 0 Å². The fraction of sp³-hybridized carbons (Fsp3) is 0.733. The van der Waals surface area contributed by atoms with Crippen molar-refractivity contribution in [1.29, 1.82) is 0 Å². The molecule has 1 aliphatic rings. The highest BCUT2D eigenvalue weighted by Crippen LogP contribution is 2.28. The molecule has 1 saturated carbocycles. The van der Waals surface area contributed by atoms with Gasteiger partial charge in [0.2, 0.25) is 5.95 Å². The summed E-state index contributed by atoms with van der Waals surface area (Å²) in [7, 11) is 2.13. The lowest BCUT2D eigenvalue weighted by Gasteiger charge is -2.36. The number of hydrogen-bond acceptors (Lipinski definition) is 4. The summed E-state index contributed by atoms with van der Waals surface area (Å²) < 4.78 is 0. The van der Waals surface area contributed by atoms with Gasteiger partial charge in [-0.15, -0.1) is 0 Å². The second kappa shape index (κ2) is 6.85. The predicted molar refractivity (Wildman–Crippen MR) is 79.2 cm³/mol. The molecule has 2 atom stereocenters. The topological polar surface area (TPSA) is 41.1 Å². The Morgan fingerprint density at radius 2 is 1.95 bits per heavy atom. The monoisotopic (exact) mass is 262 g/mol. The van der Waals surface area contributed by atoms with Gasteiger partial charge in [0.15, 0.2) is 0 Å². The molecule has 19 heavy (non-hydrogen) atoms. The Morgan fingerprint density at radius 3 is 2.58 bits per heavy atom. The maximum absolute atomic E-state index is 4.52. The Bertz CT molecular complexity index is 376. The molecule has 1 heterocycles. The number of nitrogens with zero attached hydrogens (tertiary/aromatic N) is 3. The van der Waals surface area contributed by atoms with Gasteiger partial charge in [0.05, 0.1) is 0 Å². The molecule has 4 heteroatoms. The minimum Gasteiger partial charge on any atom is -0.341 e. The van der Waals surface area contributed by atoms with E-state index in [0.717, 1.165) is 30.5 Å². The van der Waals surface area contributed by atoms with Gasteiger partial charge in [0.25, 0.3) is 0 Å². The van der Waals surface area contributed by atoms with Crippen LogP contribution in [-0.2, 0) is 6.54 Å². The van der Waals surface area contributed by atoms with Gasteiger partial charge in [0.1, 0.15) is 0 Å². The number of anilines is 1. The van der Waals surface area contributed by atoms with Crippen LogP contribution in [0.25, 0.3) is 0 Å². The second-order valence-electron chi connectivity index (χ2n) is 5.61. The van der Waals surface area contributed by atoms with Gasteiger partial charge < -0.3 is 10.2 Å². The molecule has 0 radical (unpaired) electrons. The summed E-state index contributed by atoms with van der Waals surface area (Å²) in [5, 5.41) is 3.29. The molecule has 106 valence electrons. The van der Waals surface area contributed by atoms with Crippen molar-refractivity contribution in [2.75, 3.05) is 18.5 Å². The molecule has 2 rings (SSSR count). The van der Waals surface area contributed by atoms with Gasteiger partial charge in [0, 0.05) is 37.6 Å². The first kappa shape index (κ1) is 14.3. The van der Waals surface area contributed by atoms with E-state index >= 15 is 0 Å². The van der Waals surface area contributed by atoms with Crippen LogP contribution in [0.4, 0.5) is 5.95 Å². The van der Waals surface area contributed by atoms with Crippen LogP contribution in [0.1, 0.15) is 45.1 Å². The van der Waals surface area contributed by atoms with Crippen LogP contribution in [0.3, 0.4) is 0 Å². The first-order valence-corrected chi connectivity index (χ1v) is 7.46. The van der Waals surface area contributed by atoms with Crippen molar-refractivity contribution in [3.05, 3.63) is 18.0 Å². The van der Waals surface area contributed by atoms with Crippen molar-refractivity contribution >= 4 is 5.95 Å². The lowest BCUT2D eigenvalue weighted by atomic mass is 9.85. The third kappa shape index (κ3) is 3.66. The fourth-order valence-corrected chi connectivity index (χ4v) is 2.91. The smallest absolute Gasteiger partial charge is 0.225 e. The summed E-state index contributed by atoms with van der Waals surface area (Å²) in [6.45, 7) is 6.27. The van der Waals surface area contributed by atoms with Crippen LogP contribution < -0.4 is 10.2 Å². The molecule has 0 spiro atoms. The predicted octanol–water partition coefficient (Wildman–Crippen LogP) is 2.60. The molecule has 1 aromatic rings. The molecule has 0 bridgehead atoms. The molecule has 1 aromatic heterocycles. The number of nitrogens with one attached hydrogen (secondary N) is 1. The summed E-state index contributed by atoms with van der Waals surface area (Å²) in [4.78, 5) is 11.3. The van der Waals surface area contributed by atoms with Gasteiger partial charge in [-0.05, 0) is 25.3 Å². The standard InChI is InChI=1S/C15H26N4/c1-4-16-9-13-10-17-15(18-11-13)19(3)14-8-6-5-7-12(14)2/h10-12,14,16H,4-9H2,1-3H3. The lowest BCUT2D eigenvalue weighted by Crippen LogP contribution is -2.39. The van der Waals surface area contributed by atoms with Gasteiger partial charge in [-0.3, -0.25) is 0 Å². The Morgan fingerprint density at radius 1 is 1.26 bits per heavy atom. The molecule has 0 amide bonds. The van der Waals surface area contributed by atoms with E-state index < -0.39 is 0 Å². The van der Waals surface area contributed by atoms with E-state index in [2.05, 4.69) is 41.1 Å². The van der Waals surface area contributed by atoms with E-state index in [1.54, 1.807) is 0 Å². The van der Waals surface area contributed by atoms with Gasteiger partial charge in [-0.2, -0.15) is 0 Å². The zero-order valence-electron chi connectivity index (χ0n) is 12.4. The molecule has 1 fully saturated rings. The van der Waals surface area contributed by atoms with E-state index in [0.29, 0.717) is 6.04 Å². The van der Waals surface area contributed by atoms with Gasteiger partial charge in [-0.1, -0.05) is 26.7 Å². The highest BCUT2D eigenvalue weighted by Gasteiger charge is 2.26. The highest BCUT2D eigenvalue weighted by molar-refractivity contribution is 5.30. The quantitative estimate of drug-likeness (QED) is 0.885. The Labute approximate surface area is 116 Å². The van der Waals surface area contributed by atoms with Crippen LogP contribution in [0.5, 0.6) is 0 Å². The highest BCUT2D eigenvalue weighted by atomic mass is 15.3. The summed E-state index contributed by atoms with van der Waals surface area (Å²) in [5.74, 6) is 1.60. The Hall–Kier alpha value is -1.16. The molecular formula is C15H26N4. The van der Waals surface area contributed by atoms with E-state index in [1.165, 1.54) is 25.7 Å². The van der Waals surface area contributed by atoms with E-state index in [1.807, 2.05) is 12.4 Å². The van der Waals surface area contributed by atoms with Crippen LogP contribution in [-0.4, -0.2) is 29.6 Å². The molecule has 1 aliphatic carbocycles. The van der Waals surface area contributed by atoms with E-state index in [9.17, 15) is 0 Å². The second-order valence-corrected chi connectivity index (χ2v) is 5.61. The Balaban J connectivity index is 2.00. The normalized spacial score (nSPS) is 23.3. The third-order valence-electron chi connectivity index (χ3n) is 4.15. The molecule has 0 aliphatic heterocycles. The van der Waals surface area contributed by atoms with Crippen LogP contribution in [0.2, 0.25) is 0 Å². The maximum atomic E-state index is 4.52. The van der Waals surface area contributed by atoms with E-state index in [4.69, 9.17) is 0 Å². The minimum atomic E-state index is 0.591. The first-order valence-electron chi connectivity index (χ1n) is 7.46. The minimum absolute atomic E-state index is 0.591. The number of aromatic nitrogens is 2. The summed E-state index contributed by atoms with van der Waals surface area (Å²) >= 11 is 0. The summed E-state index contributed by atoms with van der Waals surface area (Å²) in [6, 6.07) is 0.591. The van der Waals surface area contributed by atoms with Gasteiger partial charge >= 0.3 is 0 Å². The average molecular weight is 262 g/mol. The SMILES string of the molecule is CCNCc1cnc(N(C)C2CCCCC2C)nc1. The molecule has 1 N–H and O–H groups in total.